The summed E-state index contributed by atoms with van der Waals surface area (Å²) in [6, 6.07) is 6.73. The van der Waals surface area contributed by atoms with E-state index in [2.05, 4.69) is 10.3 Å². The normalized spacial score (nSPS) is 19.5. The summed E-state index contributed by atoms with van der Waals surface area (Å²) < 4.78 is 24.2. The van der Waals surface area contributed by atoms with Crippen molar-refractivity contribution in [2.45, 2.75) is 17.6 Å². The molecule has 7 nitrogen and oxygen atoms in total. The summed E-state index contributed by atoms with van der Waals surface area (Å²) in [5.74, 6) is -0.0681. The molecule has 3 rings (SSSR count). The van der Waals surface area contributed by atoms with Crippen LogP contribution in [0.1, 0.15) is 6.42 Å². The van der Waals surface area contributed by atoms with Crippen molar-refractivity contribution in [1.29, 1.82) is 0 Å². The highest BCUT2D eigenvalue weighted by atomic mass is 32.2. The van der Waals surface area contributed by atoms with Gasteiger partial charge in [-0.25, -0.2) is 13.4 Å². The highest BCUT2D eigenvalue weighted by Gasteiger charge is 2.28. The Hall–Kier alpha value is -1.87. The number of sulfone groups is 1. The number of aromatic nitrogens is 2. The average Bonchev–Trinajstić information content (AvgIpc) is 2.88. The van der Waals surface area contributed by atoms with E-state index in [1.807, 2.05) is 0 Å². The van der Waals surface area contributed by atoms with Gasteiger partial charge in [-0.2, -0.15) is 0 Å². The molecule has 1 aromatic carbocycles. The van der Waals surface area contributed by atoms with E-state index in [1.165, 1.54) is 4.57 Å². The van der Waals surface area contributed by atoms with E-state index < -0.39 is 9.84 Å². The molecule has 0 radical (unpaired) electrons. The smallest absolute Gasteiger partial charge is 0.261 e. The quantitative estimate of drug-likeness (QED) is 0.618. The van der Waals surface area contributed by atoms with E-state index in [9.17, 15) is 18.0 Å². The van der Waals surface area contributed by atoms with Crippen LogP contribution in [0.3, 0.4) is 0 Å². The fraction of sp³-hybridized carbons (Fsp3) is 0.400. The lowest BCUT2D eigenvalue weighted by Crippen LogP contribution is -2.36. The Morgan fingerprint density at radius 1 is 1.42 bits per heavy atom. The molecule has 2 heterocycles. The van der Waals surface area contributed by atoms with E-state index in [0.717, 1.165) is 11.8 Å². The third-order valence-corrected chi connectivity index (χ3v) is 6.67. The summed E-state index contributed by atoms with van der Waals surface area (Å²) in [7, 11) is -1.41. The molecule has 2 aromatic rings. The number of hydrogen-bond acceptors (Lipinski definition) is 6. The van der Waals surface area contributed by atoms with Crippen LogP contribution in [0.25, 0.3) is 10.9 Å². The molecule has 128 valence electrons. The van der Waals surface area contributed by atoms with Gasteiger partial charge in [0, 0.05) is 13.1 Å². The summed E-state index contributed by atoms with van der Waals surface area (Å²) in [6.45, 7) is 0. The van der Waals surface area contributed by atoms with Crippen LogP contribution in [0.2, 0.25) is 0 Å². The number of para-hydroxylation sites is 1. The van der Waals surface area contributed by atoms with Crippen molar-refractivity contribution in [1.82, 2.24) is 14.9 Å². The number of carbonyl (C=O) groups excluding carboxylic acids is 1. The molecule has 0 spiro atoms. The molecule has 0 saturated carbocycles. The number of carbonyl (C=O) groups is 1. The second-order valence-corrected chi connectivity index (χ2v) is 8.90. The monoisotopic (exact) mass is 367 g/mol. The van der Waals surface area contributed by atoms with Gasteiger partial charge in [0.15, 0.2) is 15.0 Å². The number of nitrogens with one attached hydrogen (secondary N) is 1. The number of rotatable bonds is 4. The zero-order valence-electron chi connectivity index (χ0n) is 13.1. The molecule has 0 aliphatic carbocycles. The molecule has 1 fully saturated rings. The minimum absolute atomic E-state index is 0.00385. The molecule has 1 aromatic heterocycles. The minimum atomic E-state index is -3.02. The Balaban J connectivity index is 1.68. The molecule has 1 unspecified atom stereocenters. The Kier molecular flexibility index (Phi) is 4.64. The lowest BCUT2D eigenvalue weighted by Gasteiger charge is -2.11. The molecule has 1 aliphatic heterocycles. The molecule has 1 saturated heterocycles. The van der Waals surface area contributed by atoms with Crippen LogP contribution < -0.4 is 10.9 Å². The molecule has 1 aliphatic rings. The predicted molar refractivity (Wildman–Crippen MR) is 92.9 cm³/mol. The van der Waals surface area contributed by atoms with Gasteiger partial charge in [-0.3, -0.25) is 14.2 Å². The average molecular weight is 367 g/mol. The second kappa shape index (κ2) is 6.56. The number of hydrogen-bond donors (Lipinski definition) is 1. The van der Waals surface area contributed by atoms with Crippen molar-refractivity contribution in [2.75, 3.05) is 17.3 Å². The lowest BCUT2D eigenvalue weighted by molar-refractivity contribution is -0.119. The second-order valence-electron chi connectivity index (χ2n) is 5.73. The van der Waals surface area contributed by atoms with E-state index >= 15 is 0 Å². The van der Waals surface area contributed by atoms with Gasteiger partial charge in [-0.1, -0.05) is 23.9 Å². The molecule has 0 bridgehead atoms. The molecule has 1 N–H and O–H groups in total. The first-order chi connectivity index (χ1) is 11.4. The van der Waals surface area contributed by atoms with Crippen LogP contribution >= 0.6 is 11.8 Å². The summed E-state index contributed by atoms with van der Waals surface area (Å²) in [6.07, 6.45) is 0.450. The SMILES string of the molecule is Cn1c(SCC(=O)NC2CCS(=O)(=O)C2)nc2ccccc2c1=O. The van der Waals surface area contributed by atoms with Gasteiger partial charge in [0.1, 0.15) is 0 Å². The van der Waals surface area contributed by atoms with Crippen molar-refractivity contribution in [3.05, 3.63) is 34.6 Å². The van der Waals surface area contributed by atoms with Crippen molar-refractivity contribution in [2.24, 2.45) is 7.05 Å². The van der Waals surface area contributed by atoms with Gasteiger partial charge < -0.3 is 5.32 Å². The number of thioether (sulfide) groups is 1. The summed E-state index contributed by atoms with van der Waals surface area (Å²) in [4.78, 5) is 28.7. The highest BCUT2D eigenvalue weighted by molar-refractivity contribution is 7.99. The van der Waals surface area contributed by atoms with Crippen molar-refractivity contribution in [3.8, 4) is 0 Å². The van der Waals surface area contributed by atoms with Gasteiger partial charge in [0.2, 0.25) is 5.91 Å². The van der Waals surface area contributed by atoms with Gasteiger partial charge in [0.05, 0.1) is 28.2 Å². The van der Waals surface area contributed by atoms with Gasteiger partial charge in [-0.15, -0.1) is 0 Å². The standard InChI is InChI=1S/C15H17N3O4S2/c1-18-14(20)11-4-2-3-5-12(11)17-15(18)23-8-13(19)16-10-6-7-24(21,22)9-10/h2-5,10H,6-9H2,1H3,(H,16,19). The van der Waals surface area contributed by atoms with Crippen molar-refractivity contribution in [3.63, 3.8) is 0 Å². The molecule has 1 atom stereocenters. The third kappa shape index (κ3) is 3.62. The molecular weight excluding hydrogens is 350 g/mol. The van der Waals surface area contributed by atoms with Crippen LogP contribution in [0, 0.1) is 0 Å². The maximum Gasteiger partial charge on any atom is 0.261 e. The predicted octanol–water partition coefficient (Wildman–Crippen LogP) is 0.329. The van der Waals surface area contributed by atoms with Gasteiger partial charge >= 0.3 is 0 Å². The molecule has 1 amide bonds. The Morgan fingerprint density at radius 3 is 2.88 bits per heavy atom. The summed E-state index contributed by atoms with van der Waals surface area (Å²) in [5.41, 5.74) is 0.427. The number of benzene rings is 1. The van der Waals surface area contributed by atoms with Crippen molar-refractivity contribution >= 4 is 38.4 Å². The maximum absolute atomic E-state index is 12.3. The van der Waals surface area contributed by atoms with Gasteiger partial charge in [-0.05, 0) is 18.6 Å². The minimum Gasteiger partial charge on any atom is -0.352 e. The summed E-state index contributed by atoms with van der Waals surface area (Å²) >= 11 is 1.16. The number of nitrogens with zero attached hydrogens (tertiary/aromatic N) is 2. The van der Waals surface area contributed by atoms with E-state index in [1.54, 1.807) is 31.3 Å². The third-order valence-electron chi connectivity index (χ3n) is 3.87. The first-order valence-electron chi connectivity index (χ1n) is 7.44. The molecular formula is C15H17N3O4S2. The van der Waals surface area contributed by atoms with Gasteiger partial charge in [0.25, 0.3) is 5.56 Å². The van der Waals surface area contributed by atoms with E-state index in [0.29, 0.717) is 22.5 Å². The Morgan fingerprint density at radius 2 is 2.17 bits per heavy atom. The van der Waals surface area contributed by atoms with Crippen LogP contribution in [-0.2, 0) is 21.7 Å². The van der Waals surface area contributed by atoms with Crippen LogP contribution in [-0.4, -0.2) is 47.2 Å². The van der Waals surface area contributed by atoms with Crippen LogP contribution in [0.5, 0.6) is 0 Å². The highest BCUT2D eigenvalue weighted by Crippen LogP contribution is 2.17. The Bertz CT molecular complexity index is 953. The Labute approximate surface area is 143 Å². The van der Waals surface area contributed by atoms with Crippen LogP contribution in [0.15, 0.2) is 34.2 Å². The molecule has 24 heavy (non-hydrogen) atoms. The first-order valence-corrected chi connectivity index (χ1v) is 10.2. The topological polar surface area (TPSA) is 98.1 Å². The largest absolute Gasteiger partial charge is 0.352 e. The van der Waals surface area contributed by atoms with E-state index in [-0.39, 0.29) is 34.8 Å². The first kappa shape index (κ1) is 17.0. The fourth-order valence-corrected chi connectivity index (χ4v) is 5.09. The summed E-state index contributed by atoms with van der Waals surface area (Å²) in [5, 5.41) is 3.71. The van der Waals surface area contributed by atoms with Crippen molar-refractivity contribution < 1.29 is 13.2 Å². The lowest BCUT2D eigenvalue weighted by atomic mass is 10.2. The van der Waals surface area contributed by atoms with Crippen LogP contribution in [0.4, 0.5) is 0 Å². The number of fused-ring (bicyclic) bond motifs is 1. The fourth-order valence-electron chi connectivity index (χ4n) is 2.63. The van der Waals surface area contributed by atoms with E-state index in [4.69, 9.17) is 0 Å². The zero-order chi connectivity index (χ0) is 17.3. The molecule has 9 heteroatoms. The number of amides is 1. The maximum atomic E-state index is 12.3. The zero-order valence-corrected chi connectivity index (χ0v) is 14.7.